The lowest BCUT2D eigenvalue weighted by Crippen LogP contribution is -2.34. The third kappa shape index (κ3) is 3.32. The molecule has 2 aliphatic rings. The number of nitrogens with two attached hydrogens (primary N) is 1. The van der Waals surface area contributed by atoms with Crippen LogP contribution in [-0.4, -0.2) is 37.6 Å². The normalized spacial score (nSPS) is 27.4. The van der Waals surface area contributed by atoms with Gasteiger partial charge in [-0.15, -0.1) is 12.4 Å². The van der Waals surface area contributed by atoms with Gasteiger partial charge >= 0.3 is 0 Å². The molecular weight excluding hydrogens is 248 g/mol. The summed E-state index contributed by atoms with van der Waals surface area (Å²) in [5.41, 5.74) is 5.71. The van der Waals surface area contributed by atoms with Crippen LogP contribution in [-0.2, 0) is 10.0 Å². The van der Waals surface area contributed by atoms with Crippen LogP contribution in [0.5, 0.6) is 0 Å². The molecule has 0 unspecified atom stereocenters. The monoisotopic (exact) mass is 268 g/mol. The fourth-order valence-corrected chi connectivity index (χ4v) is 3.92. The van der Waals surface area contributed by atoms with Gasteiger partial charge in [0.1, 0.15) is 0 Å². The lowest BCUT2D eigenvalue weighted by molar-refractivity contribution is 0.305. The van der Waals surface area contributed by atoms with E-state index in [4.69, 9.17) is 5.73 Å². The summed E-state index contributed by atoms with van der Waals surface area (Å²) >= 11 is 0. The van der Waals surface area contributed by atoms with Crippen molar-refractivity contribution < 1.29 is 8.42 Å². The Balaban J connectivity index is 0.00000128. The smallest absolute Gasteiger partial charge is 0.214 e. The van der Waals surface area contributed by atoms with Crippen LogP contribution >= 0.6 is 12.4 Å². The van der Waals surface area contributed by atoms with Gasteiger partial charge in [0, 0.05) is 19.1 Å². The summed E-state index contributed by atoms with van der Waals surface area (Å²) in [6.07, 6.45) is 5.36. The van der Waals surface area contributed by atoms with Crippen LogP contribution < -0.4 is 5.73 Å². The van der Waals surface area contributed by atoms with Crippen LogP contribution in [0, 0.1) is 5.92 Å². The Kier molecular flexibility index (Phi) is 5.04. The molecule has 1 saturated heterocycles. The van der Waals surface area contributed by atoms with E-state index in [2.05, 4.69) is 0 Å². The second-order valence-electron chi connectivity index (χ2n) is 4.81. The molecule has 6 heteroatoms. The highest BCUT2D eigenvalue weighted by atomic mass is 35.5. The largest absolute Gasteiger partial charge is 0.326 e. The van der Waals surface area contributed by atoms with Gasteiger partial charge in [0.15, 0.2) is 0 Å². The van der Waals surface area contributed by atoms with Gasteiger partial charge in [0.05, 0.1) is 5.75 Å². The Morgan fingerprint density at radius 3 is 2.38 bits per heavy atom. The third-order valence-corrected chi connectivity index (χ3v) is 5.46. The Morgan fingerprint density at radius 1 is 1.25 bits per heavy atom. The lowest BCUT2D eigenvalue weighted by atomic mass is 9.84. The molecule has 1 heterocycles. The average molecular weight is 269 g/mol. The molecule has 0 radical (unpaired) electrons. The van der Waals surface area contributed by atoms with Crippen molar-refractivity contribution in [1.29, 1.82) is 0 Å². The van der Waals surface area contributed by atoms with Gasteiger partial charge in [-0.1, -0.05) is 19.3 Å². The molecule has 0 amide bonds. The highest BCUT2D eigenvalue weighted by molar-refractivity contribution is 7.89. The summed E-state index contributed by atoms with van der Waals surface area (Å²) in [5, 5.41) is 0. The van der Waals surface area contributed by atoms with Crippen LogP contribution in [0.3, 0.4) is 0 Å². The molecule has 0 spiro atoms. The molecule has 0 bridgehead atoms. The second kappa shape index (κ2) is 5.67. The van der Waals surface area contributed by atoms with Crippen LogP contribution in [0.4, 0.5) is 0 Å². The van der Waals surface area contributed by atoms with E-state index >= 15 is 0 Å². The number of halogens is 1. The maximum absolute atomic E-state index is 11.9. The van der Waals surface area contributed by atoms with E-state index in [-0.39, 0.29) is 18.4 Å². The van der Waals surface area contributed by atoms with Crippen molar-refractivity contribution in [3.8, 4) is 0 Å². The molecule has 2 N–H and O–H groups in total. The molecule has 2 fully saturated rings. The van der Waals surface area contributed by atoms with Crippen molar-refractivity contribution >= 4 is 22.4 Å². The highest BCUT2D eigenvalue weighted by Crippen LogP contribution is 2.30. The van der Waals surface area contributed by atoms with Gasteiger partial charge in [-0.25, -0.2) is 12.7 Å². The quantitative estimate of drug-likeness (QED) is 0.826. The molecule has 0 aromatic heterocycles. The van der Waals surface area contributed by atoms with Gasteiger partial charge in [-0.3, -0.25) is 0 Å². The van der Waals surface area contributed by atoms with Gasteiger partial charge in [0.2, 0.25) is 10.0 Å². The first-order valence-corrected chi connectivity index (χ1v) is 7.42. The number of hydrogen-bond acceptors (Lipinski definition) is 3. The van der Waals surface area contributed by atoms with Gasteiger partial charge < -0.3 is 5.73 Å². The standard InChI is InChI=1S/C10H20N2O2S.ClH/c11-10-4-6-12(8-10)15(13,14)7-5-9-2-1-3-9;/h9-10H,1-8,11H2;1H/t10-;/m0./s1. The predicted molar refractivity (Wildman–Crippen MR) is 67.2 cm³/mol. The maximum atomic E-state index is 11.9. The summed E-state index contributed by atoms with van der Waals surface area (Å²) in [7, 11) is -3.01. The van der Waals surface area contributed by atoms with Crippen molar-refractivity contribution in [3.63, 3.8) is 0 Å². The SMILES string of the molecule is Cl.N[C@H]1CCN(S(=O)(=O)CCC2CCC2)C1. The van der Waals surface area contributed by atoms with Crippen LogP contribution in [0.1, 0.15) is 32.1 Å². The molecule has 0 aromatic rings. The van der Waals surface area contributed by atoms with E-state index in [9.17, 15) is 8.42 Å². The van der Waals surface area contributed by atoms with E-state index in [1.54, 1.807) is 4.31 Å². The third-order valence-electron chi connectivity index (χ3n) is 3.59. The van der Waals surface area contributed by atoms with Crippen molar-refractivity contribution in [2.24, 2.45) is 11.7 Å². The molecule has 4 nitrogen and oxygen atoms in total. The average Bonchev–Trinajstić information content (AvgIpc) is 2.49. The first kappa shape index (κ1) is 14.2. The number of nitrogens with zero attached hydrogens (tertiary/aromatic N) is 1. The minimum atomic E-state index is -3.01. The second-order valence-corrected chi connectivity index (χ2v) is 6.90. The van der Waals surface area contributed by atoms with Crippen LogP contribution in [0.2, 0.25) is 0 Å². The molecule has 1 saturated carbocycles. The molecule has 16 heavy (non-hydrogen) atoms. The zero-order valence-corrected chi connectivity index (χ0v) is 11.1. The van der Waals surface area contributed by atoms with Crippen molar-refractivity contribution in [1.82, 2.24) is 4.31 Å². The number of sulfonamides is 1. The van der Waals surface area contributed by atoms with Crippen molar-refractivity contribution in [2.75, 3.05) is 18.8 Å². The van der Waals surface area contributed by atoms with E-state index in [0.717, 1.165) is 12.8 Å². The Bertz CT molecular complexity index is 317. The Hall–Kier alpha value is 0.160. The summed E-state index contributed by atoms with van der Waals surface area (Å²) in [5.74, 6) is 0.987. The van der Waals surface area contributed by atoms with Crippen molar-refractivity contribution in [2.45, 2.75) is 38.1 Å². The number of rotatable bonds is 4. The topological polar surface area (TPSA) is 63.4 Å². The molecule has 1 aliphatic carbocycles. The van der Waals surface area contributed by atoms with Crippen LogP contribution in [0.15, 0.2) is 0 Å². The summed E-state index contributed by atoms with van der Waals surface area (Å²) in [6.45, 7) is 1.14. The minimum absolute atomic E-state index is 0. The molecule has 0 aromatic carbocycles. The summed E-state index contributed by atoms with van der Waals surface area (Å²) in [6, 6.07) is 0.0449. The fourth-order valence-electron chi connectivity index (χ4n) is 2.23. The maximum Gasteiger partial charge on any atom is 0.214 e. The van der Waals surface area contributed by atoms with Gasteiger partial charge in [-0.2, -0.15) is 0 Å². The van der Waals surface area contributed by atoms with E-state index in [0.29, 0.717) is 24.8 Å². The molecule has 1 atom stereocenters. The van der Waals surface area contributed by atoms with E-state index < -0.39 is 10.0 Å². The lowest BCUT2D eigenvalue weighted by Gasteiger charge is -2.26. The highest BCUT2D eigenvalue weighted by Gasteiger charge is 2.30. The predicted octanol–water partition coefficient (Wildman–Crippen LogP) is 0.961. The van der Waals surface area contributed by atoms with Crippen molar-refractivity contribution in [3.05, 3.63) is 0 Å². The first-order valence-electron chi connectivity index (χ1n) is 5.81. The molecule has 96 valence electrons. The Morgan fingerprint density at radius 2 is 1.94 bits per heavy atom. The molecular formula is C10H21ClN2O2S. The van der Waals surface area contributed by atoms with Gasteiger partial charge in [-0.05, 0) is 18.8 Å². The summed E-state index contributed by atoms with van der Waals surface area (Å²) in [4.78, 5) is 0. The van der Waals surface area contributed by atoms with Crippen LogP contribution in [0.25, 0.3) is 0 Å². The minimum Gasteiger partial charge on any atom is -0.326 e. The summed E-state index contributed by atoms with van der Waals surface area (Å²) < 4.78 is 25.4. The van der Waals surface area contributed by atoms with E-state index in [1.165, 1.54) is 19.3 Å². The van der Waals surface area contributed by atoms with E-state index in [1.807, 2.05) is 0 Å². The number of hydrogen-bond donors (Lipinski definition) is 1. The first-order chi connectivity index (χ1) is 7.08. The Labute approximate surface area is 104 Å². The zero-order valence-electron chi connectivity index (χ0n) is 9.47. The molecule has 1 aliphatic heterocycles. The van der Waals surface area contributed by atoms with Gasteiger partial charge in [0.25, 0.3) is 0 Å². The fraction of sp³-hybridized carbons (Fsp3) is 1.00. The molecule has 2 rings (SSSR count). The zero-order chi connectivity index (χ0) is 10.9.